The fourth-order valence-corrected chi connectivity index (χ4v) is 2.03. The molecular weight excluding hydrogens is 242 g/mol. The molecule has 0 aliphatic carbocycles. The fraction of sp³-hybridized carbons (Fsp3) is 0.0714. The molecule has 0 saturated carbocycles. The van der Waals surface area contributed by atoms with Gasteiger partial charge in [-0.25, -0.2) is 10.2 Å². The van der Waals surface area contributed by atoms with Crippen LogP contribution in [0.15, 0.2) is 48.8 Å². The lowest BCUT2D eigenvalue weighted by Crippen LogP contribution is -2.99. The smallest absolute Gasteiger partial charge is 0.164 e. The average molecular weight is 255 g/mol. The lowest BCUT2D eigenvalue weighted by atomic mass is 10.1. The second-order valence-corrected chi connectivity index (χ2v) is 4.48. The summed E-state index contributed by atoms with van der Waals surface area (Å²) in [5.41, 5.74) is 3.85. The molecule has 1 unspecified atom stereocenters. The number of benzene rings is 1. The van der Waals surface area contributed by atoms with Gasteiger partial charge in [0, 0.05) is 30.1 Å². The Morgan fingerprint density at radius 3 is 2.89 bits per heavy atom. The minimum absolute atomic E-state index is 0.269. The summed E-state index contributed by atoms with van der Waals surface area (Å²) in [4.78, 5) is 4.51. The highest BCUT2D eigenvalue weighted by molar-refractivity contribution is 5.65. The molecule has 0 radical (unpaired) electrons. The zero-order chi connectivity index (χ0) is 13.4. The molecule has 1 atom stereocenters. The molecular formula is C14H13N3O2. The van der Waals surface area contributed by atoms with Gasteiger partial charge in [-0.1, -0.05) is 12.1 Å². The van der Waals surface area contributed by atoms with Gasteiger partial charge in [0.05, 0.1) is 5.69 Å². The fourth-order valence-electron chi connectivity index (χ4n) is 2.03. The summed E-state index contributed by atoms with van der Waals surface area (Å²) in [5, 5.41) is 19.1. The van der Waals surface area contributed by atoms with E-state index in [0.29, 0.717) is 0 Å². The van der Waals surface area contributed by atoms with Gasteiger partial charge in [-0.3, -0.25) is 0 Å². The van der Waals surface area contributed by atoms with Crippen LogP contribution in [0.5, 0.6) is 0 Å². The third-order valence-corrected chi connectivity index (χ3v) is 3.02. The maximum atomic E-state index is 11.0. The Morgan fingerprint density at radius 2 is 2.11 bits per heavy atom. The number of imidazole rings is 1. The van der Waals surface area contributed by atoms with Crippen molar-refractivity contribution in [1.82, 2.24) is 9.38 Å². The minimum Gasteiger partial charge on any atom is -0.595 e. The number of fused-ring (bicyclic) bond motifs is 1. The van der Waals surface area contributed by atoms with E-state index in [4.69, 9.17) is 5.21 Å². The Morgan fingerprint density at radius 1 is 1.26 bits per heavy atom. The first kappa shape index (κ1) is 11.9. The van der Waals surface area contributed by atoms with Crippen LogP contribution in [-0.2, 0) is 0 Å². The molecule has 1 aromatic carbocycles. The predicted octanol–water partition coefficient (Wildman–Crippen LogP) is 1.71. The number of hydrogen-bond acceptors (Lipinski definition) is 3. The van der Waals surface area contributed by atoms with Gasteiger partial charge in [-0.2, -0.15) is 5.23 Å². The van der Waals surface area contributed by atoms with Crippen LogP contribution in [0, 0.1) is 12.1 Å². The van der Waals surface area contributed by atoms with Crippen molar-refractivity contribution in [1.29, 1.82) is 0 Å². The van der Waals surface area contributed by atoms with Gasteiger partial charge < -0.3 is 9.61 Å². The van der Waals surface area contributed by atoms with E-state index in [-0.39, 0.29) is 5.69 Å². The van der Waals surface area contributed by atoms with E-state index < -0.39 is 5.23 Å². The molecule has 0 spiro atoms. The SMILES string of the molecule is Cc1ccn2cc(-c3cccc([NH+]([O-])O)c3)nc2c1. The van der Waals surface area contributed by atoms with Crippen molar-refractivity contribution in [2.75, 3.05) is 0 Å². The first-order valence-electron chi connectivity index (χ1n) is 5.92. The van der Waals surface area contributed by atoms with Crippen LogP contribution in [0.1, 0.15) is 5.56 Å². The lowest BCUT2D eigenvalue weighted by molar-refractivity contribution is -0.991. The van der Waals surface area contributed by atoms with E-state index in [1.807, 2.05) is 41.9 Å². The van der Waals surface area contributed by atoms with E-state index in [2.05, 4.69) is 4.98 Å². The molecule has 0 amide bonds. The molecule has 0 saturated heterocycles. The topological polar surface area (TPSA) is 65.0 Å². The van der Waals surface area contributed by atoms with E-state index in [1.54, 1.807) is 18.2 Å². The molecule has 0 fully saturated rings. The molecule has 2 heterocycles. The van der Waals surface area contributed by atoms with Crippen LogP contribution >= 0.6 is 0 Å². The zero-order valence-corrected chi connectivity index (χ0v) is 10.4. The molecule has 3 aromatic rings. The third kappa shape index (κ3) is 2.22. The van der Waals surface area contributed by atoms with Crippen LogP contribution in [-0.4, -0.2) is 14.6 Å². The number of nitrogens with zero attached hydrogens (tertiary/aromatic N) is 2. The minimum atomic E-state index is -0.929. The summed E-state index contributed by atoms with van der Waals surface area (Å²) < 4.78 is 1.93. The second kappa shape index (κ2) is 4.47. The molecule has 5 nitrogen and oxygen atoms in total. The first-order chi connectivity index (χ1) is 9.13. The van der Waals surface area contributed by atoms with Gasteiger partial charge in [0.25, 0.3) is 0 Å². The molecule has 2 N–H and O–H groups in total. The number of aromatic nitrogens is 2. The van der Waals surface area contributed by atoms with Gasteiger partial charge >= 0.3 is 0 Å². The molecule has 3 rings (SSSR count). The second-order valence-electron chi connectivity index (χ2n) is 4.48. The molecule has 19 heavy (non-hydrogen) atoms. The number of hydrogen-bond donors (Lipinski definition) is 2. The standard InChI is InChI=1S/C14H13N3O2/c1-10-5-6-16-9-13(15-14(16)7-10)11-3-2-4-12(8-11)17(18)19/h2-9,17-18H,1H3. The number of quaternary nitrogens is 1. The quantitative estimate of drug-likeness (QED) is 0.685. The number of nitrogens with one attached hydrogen (secondary N) is 1. The van der Waals surface area contributed by atoms with Crippen molar-refractivity contribution in [3.63, 3.8) is 0 Å². The summed E-state index contributed by atoms with van der Waals surface area (Å²) in [6.45, 7) is 2.01. The first-order valence-corrected chi connectivity index (χ1v) is 5.92. The largest absolute Gasteiger partial charge is 0.595 e. The maximum Gasteiger partial charge on any atom is 0.164 e. The van der Waals surface area contributed by atoms with Crippen molar-refractivity contribution in [3.05, 3.63) is 59.6 Å². The molecule has 0 aliphatic rings. The van der Waals surface area contributed by atoms with Crippen molar-refractivity contribution < 1.29 is 10.4 Å². The van der Waals surface area contributed by atoms with Crippen LogP contribution in [0.2, 0.25) is 0 Å². The van der Waals surface area contributed by atoms with Crippen LogP contribution in [0.3, 0.4) is 0 Å². The van der Waals surface area contributed by atoms with E-state index in [9.17, 15) is 5.21 Å². The van der Waals surface area contributed by atoms with Crippen LogP contribution in [0.25, 0.3) is 16.9 Å². The molecule has 5 heteroatoms. The van der Waals surface area contributed by atoms with Crippen LogP contribution in [0.4, 0.5) is 5.69 Å². The van der Waals surface area contributed by atoms with Crippen molar-refractivity contribution >= 4 is 11.3 Å². The summed E-state index contributed by atoms with van der Waals surface area (Å²) in [5.74, 6) is 0. The molecule has 0 bridgehead atoms. The average Bonchev–Trinajstić information content (AvgIpc) is 2.81. The third-order valence-electron chi connectivity index (χ3n) is 3.02. The number of aryl methyl sites for hydroxylation is 1. The Hall–Kier alpha value is -2.21. The van der Waals surface area contributed by atoms with Gasteiger partial charge in [0.1, 0.15) is 5.65 Å². The van der Waals surface area contributed by atoms with Crippen molar-refractivity contribution in [2.45, 2.75) is 6.92 Å². The van der Waals surface area contributed by atoms with E-state index in [0.717, 1.165) is 22.5 Å². The summed E-state index contributed by atoms with van der Waals surface area (Å²) in [7, 11) is 0. The Labute approximate surface area is 109 Å². The Bertz CT molecular complexity index is 734. The van der Waals surface area contributed by atoms with Gasteiger partial charge in [-0.15, -0.1) is 0 Å². The molecule has 0 aliphatic heterocycles. The molecule has 96 valence electrons. The van der Waals surface area contributed by atoms with Crippen molar-refractivity contribution in [3.8, 4) is 11.3 Å². The highest BCUT2D eigenvalue weighted by atomic mass is 16.8. The maximum absolute atomic E-state index is 11.0. The summed E-state index contributed by atoms with van der Waals surface area (Å²) in [6.07, 6.45) is 3.85. The zero-order valence-electron chi connectivity index (χ0n) is 10.4. The highest BCUT2D eigenvalue weighted by Crippen LogP contribution is 2.21. The lowest BCUT2D eigenvalue weighted by Gasteiger charge is -2.11. The molecule has 2 aromatic heterocycles. The Kier molecular flexibility index (Phi) is 2.79. The monoisotopic (exact) mass is 255 g/mol. The normalized spacial score (nSPS) is 12.8. The summed E-state index contributed by atoms with van der Waals surface area (Å²) in [6, 6.07) is 10.8. The van der Waals surface area contributed by atoms with Gasteiger partial charge in [0.2, 0.25) is 0 Å². The number of pyridine rings is 1. The van der Waals surface area contributed by atoms with Gasteiger partial charge in [-0.05, 0) is 24.6 Å². The van der Waals surface area contributed by atoms with Gasteiger partial charge in [0.15, 0.2) is 5.69 Å². The van der Waals surface area contributed by atoms with E-state index >= 15 is 0 Å². The Balaban J connectivity index is 2.11. The predicted molar refractivity (Wildman–Crippen MR) is 71.1 cm³/mol. The number of rotatable bonds is 2. The van der Waals surface area contributed by atoms with E-state index in [1.165, 1.54) is 0 Å². The van der Waals surface area contributed by atoms with Crippen molar-refractivity contribution in [2.24, 2.45) is 0 Å². The van der Waals surface area contributed by atoms with Crippen LogP contribution < -0.4 is 5.23 Å². The highest BCUT2D eigenvalue weighted by Gasteiger charge is 2.07. The summed E-state index contributed by atoms with van der Waals surface area (Å²) >= 11 is 0.